The summed E-state index contributed by atoms with van der Waals surface area (Å²) in [5, 5.41) is 12.3. The van der Waals surface area contributed by atoms with Gasteiger partial charge >= 0.3 is 0 Å². The summed E-state index contributed by atoms with van der Waals surface area (Å²) in [6.45, 7) is 0.0632. The van der Waals surface area contributed by atoms with Crippen LogP contribution in [-0.4, -0.2) is 25.8 Å². The van der Waals surface area contributed by atoms with E-state index in [1.165, 1.54) is 13.3 Å². The zero-order valence-electron chi connectivity index (χ0n) is 11.2. The molecule has 1 aromatic carbocycles. The number of hydrazone groups is 1. The number of halogens is 1. The number of nitriles is 1. The number of ether oxygens (including phenoxy) is 2. The van der Waals surface area contributed by atoms with Crippen molar-refractivity contribution in [3.8, 4) is 29.9 Å². The predicted molar refractivity (Wildman–Crippen MR) is 78.3 cm³/mol. The van der Waals surface area contributed by atoms with Crippen molar-refractivity contribution in [1.82, 2.24) is 5.43 Å². The van der Waals surface area contributed by atoms with Crippen molar-refractivity contribution in [3.05, 3.63) is 22.7 Å². The summed E-state index contributed by atoms with van der Waals surface area (Å²) in [6, 6.07) is 4.91. The van der Waals surface area contributed by atoms with E-state index >= 15 is 0 Å². The van der Waals surface area contributed by atoms with Crippen LogP contribution in [0.2, 0.25) is 5.02 Å². The van der Waals surface area contributed by atoms with E-state index < -0.39 is 5.91 Å². The Hall–Kier alpha value is -2.70. The smallest absolute Gasteiger partial charge is 0.254 e. The van der Waals surface area contributed by atoms with E-state index in [0.717, 1.165) is 0 Å². The minimum absolute atomic E-state index is 0.0632. The molecule has 108 valence electrons. The number of nitrogens with one attached hydrogen (secondary N) is 1. The van der Waals surface area contributed by atoms with Gasteiger partial charge in [-0.2, -0.15) is 10.4 Å². The number of carbonyl (C=O) groups excluding carboxylic acids is 1. The van der Waals surface area contributed by atoms with Gasteiger partial charge in [0.05, 0.1) is 24.4 Å². The van der Waals surface area contributed by atoms with E-state index in [-0.39, 0.29) is 13.0 Å². The molecule has 0 saturated carbocycles. The highest BCUT2D eigenvalue weighted by Crippen LogP contribution is 2.35. The molecule has 0 atom stereocenters. The van der Waals surface area contributed by atoms with Gasteiger partial charge in [0.1, 0.15) is 13.0 Å². The maximum Gasteiger partial charge on any atom is 0.254 e. The van der Waals surface area contributed by atoms with Crippen LogP contribution in [0, 0.1) is 23.7 Å². The van der Waals surface area contributed by atoms with Crippen LogP contribution in [-0.2, 0) is 4.79 Å². The second-order valence-electron chi connectivity index (χ2n) is 3.65. The minimum atomic E-state index is -0.499. The molecule has 0 aliphatic carbocycles. The van der Waals surface area contributed by atoms with Crippen LogP contribution in [0.3, 0.4) is 0 Å². The Bertz CT molecular complexity index is 630. The Morgan fingerprint density at radius 3 is 3.00 bits per heavy atom. The second kappa shape index (κ2) is 8.47. The molecule has 0 aliphatic rings. The van der Waals surface area contributed by atoms with Crippen molar-refractivity contribution < 1.29 is 14.3 Å². The summed E-state index contributed by atoms with van der Waals surface area (Å²) in [4.78, 5) is 11.1. The largest absolute Gasteiger partial charge is 0.493 e. The zero-order valence-corrected chi connectivity index (χ0v) is 12.0. The average molecular weight is 306 g/mol. The number of hydrogen-bond donors (Lipinski definition) is 1. The molecule has 0 fully saturated rings. The Morgan fingerprint density at radius 1 is 1.62 bits per heavy atom. The third-order valence-electron chi connectivity index (χ3n) is 2.19. The minimum Gasteiger partial charge on any atom is -0.493 e. The van der Waals surface area contributed by atoms with E-state index in [1.807, 2.05) is 0 Å². The fraction of sp³-hybridized carbons (Fsp3) is 0.214. The molecule has 0 unspecified atom stereocenters. The zero-order chi connectivity index (χ0) is 15.7. The summed E-state index contributed by atoms with van der Waals surface area (Å²) in [5.74, 6) is 2.56. The van der Waals surface area contributed by atoms with Crippen LogP contribution in [0.15, 0.2) is 17.2 Å². The van der Waals surface area contributed by atoms with Gasteiger partial charge in [0.2, 0.25) is 0 Å². The van der Waals surface area contributed by atoms with Gasteiger partial charge in [0.25, 0.3) is 5.91 Å². The summed E-state index contributed by atoms with van der Waals surface area (Å²) in [7, 11) is 1.46. The maximum atomic E-state index is 11.1. The van der Waals surface area contributed by atoms with Gasteiger partial charge in [-0.15, -0.1) is 6.42 Å². The number of nitrogens with zero attached hydrogens (tertiary/aromatic N) is 2. The highest BCUT2D eigenvalue weighted by molar-refractivity contribution is 6.32. The lowest BCUT2D eigenvalue weighted by Crippen LogP contribution is -2.16. The lowest BCUT2D eigenvalue weighted by atomic mass is 10.2. The first kappa shape index (κ1) is 16.4. The van der Waals surface area contributed by atoms with Crippen LogP contribution in [0.5, 0.6) is 11.5 Å². The van der Waals surface area contributed by atoms with E-state index in [4.69, 9.17) is 32.8 Å². The molecule has 0 spiro atoms. The van der Waals surface area contributed by atoms with Gasteiger partial charge in [0.15, 0.2) is 11.5 Å². The summed E-state index contributed by atoms with van der Waals surface area (Å²) < 4.78 is 10.5. The average Bonchev–Trinajstić information content (AvgIpc) is 2.46. The van der Waals surface area contributed by atoms with Crippen molar-refractivity contribution in [2.24, 2.45) is 5.10 Å². The van der Waals surface area contributed by atoms with Crippen molar-refractivity contribution in [1.29, 1.82) is 5.26 Å². The maximum absolute atomic E-state index is 11.1. The third-order valence-corrected chi connectivity index (χ3v) is 2.47. The van der Waals surface area contributed by atoms with Gasteiger partial charge in [0, 0.05) is 0 Å². The SMILES string of the molecule is C#CCOc1c(Cl)cc(C=NNC(=O)CC#N)cc1OC. The molecule has 1 amide bonds. The highest BCUT2D eigenvalue weighted by atomic mass is 35.5. The third kappa shape index (κ3) is 5.06. The number of benzene rings is 1. The molecule has 0 radical (unpaired) electrons. The molecule has 1 rings (SSSR count). The molecule has 1 aromatic rings. The van der Waals surface area contributed by atoms with Gasteiger partial charge < -0.3 is 9.47 Å². The first-order valence-electron chi connectivity index (χ1n) is 5.75. The molecular formula is C14H12ClN3O3. The summed E-state index contributed by atoms with van der Waals surface area (Å²) in [6.07, 6.45) is 6.23. The first-order valence-corrected chi connectivity index (χ1v) is 6.12. The Balaban J connectivity index is 2.88. The van der Waals surface area contributed by atoms with E-state index in [9.17, 15) is 4.79 Å². The second-order valence-corrected chi connectivity index (χ2v) is 4.06. The predicted octanol–water partition coefficient (Wildman–Crippen LogP) is 1.72. The number of carbonyl (C=O) groups is 1. The number of hydrogen-bond acceptors (Lipinski definition) is 5. The Morgan fingerprint density at radius 2 is 2.38 bits per heavy atom. The number of amides is 1. The molecule has 1 N–H and O–H groups in total. The Kier molecular flexibility index (Phi) is 6.59. The van der Waals surface area contributed by atoms with E-state index in [0.29, 0.717) is 22.1 Å². The number of methoxy groups -OCH3 is 1. The molecule has 0 saturated heterocycles. The van der Waals surface area contributed by atoms with Crippen molar-refractivity contribution in [3.63, 3.8) is 0 Å². The van der Waals surface area contributed by atoms with Crippen LogP contribution < -0.4 is 14.9 Å². The molecule has 7 heteroatoms. The van der Waals surface area contributed by atoms with Crippen LogP contribution in [0.25, 0.3) is 0 Å². The highest BCUT2D eigenvalue weighted by Gasteiger charge is 2.11. The number of terminal acetylenes is 1. The van der Waals surface area contributed by atoms with Crippen molar-refractivity contribution >= 4 is 23.7 Å². The van der Waals surface area contributed by atoms with Crippen LogP contribution in [0.4, 0.5) is 0 Å². The monoisotopic (exact) mass is 305 g/mol. The van der Waals surface area contributed by atoms with Gasteiger partial charge in [-0.05, 0) is 17.7 Å². The lowest BCUT2D eigenvalue weighted by molar-refractivity contribution is -0.120. The van der Waals surface area contributed by atoms with Crippen molar-refractivity contribution in [2.45, 2.75) is 6.42 Å². The molecule has 21 heavy (non-hydrogen) atoms. The number of rotatable bonds is 6. The van der Waals surface area contributed by atoms with Crippen LogP contribution in [0.1, 0.15) is 12.0 Å². The molecule has 0 aromatic heterocycles. The normalized spacial score (nSPS) is 9.71. The fourth-order valence-electron chi connectivity index (χ4n) is 1.36. The van der Waals surface area contributed by atoms with Crippen molar-refractivity contribution in [2.75, 3.05) is 13.7 Å². The Labute approximate surface area is 127 Å². The van der Waals surface area contributed by atoms with Gasteiger partial charge in [-0.1, -0.05) is 17.5 Å². The van der Waals surface area contributed by atoms with Gasteiger partial charge in [-0.25, -0.2) is 5.43 Å². The van der Waals surface area contributed by atoms with Gasteiger partial charge in [-0.3, -0.25) is 4.79 Å². The quantitative estimate of drug-likeness (QED) is 0.493. The summed E-state index contributed by atoms with van der Waals surface area (Å²) in [5.41, 5.74) is 2.79. The molecule has 0 heterocycles. The molecule has 0 aliphatic heterocycles. The standard InChI is InChI=1S/C14H12ClN3O3/c1-3-6-21-14-11(15)7-10(8-12(14)20-2)9-17-18-13(19)4-5-16/h1,7-9H,4,6H2,2H3,(H,18,19). The van der Waals surface area contributed by atoms with E-state index in [1.54, 1.807) is 18.2 Å². The fourth-order valence-corrected chi connectivity index (χ4v) is 1.63. The summed E-state index contributed by atoms with van der Waals surface area (Å²) >= 11 is 6.07. The van der Waals surface area contributed by atoms with E-state index in [2.05, 4.69) is 16.4 Å². The molecule has 0 bridgehead atoms. The van der Waals surface area contributed by atoms with Crippen LogP contribution >= 0.6 is 11.6 Å². The molecular weight excluding hydrogens is 294 g/mol. The first-order chi connectivity index (χ1) is 10.1. The topological polar surface area (TPSA) is 83.7 Å². The lowest BCUT2D eigenvalue weighted by Gasteiger charge is -2.11. The molecule has 6 nitrogen and oxygen atoms in total.